The summed E-state index contributed by atoms with van der Waals surface area (Å²) in [5.74, 6) is 2.46. The van der Waals surface area contributed by atoms with E-state index >= 15 is 0 Å². The van der Waals surface area contributed by atoms with E-state index in [0.717, 1.165) is 24.3 Å². The largest absolute Gasteiger partial charge is 0.444 e. The smallest absolute Gasteiger partial charge is 0.287 e. The van der Waals surface area contributed by atoms with Gasteiger partial charge < -0.3 is 14.6 Å². The summed E-state index contributed by atoms with van der Waals surface area (Å²) in [5.41, 5.74) is 0.328. The number of halogens is 1. The van der Waals surface area contributed by atoms with E-state index in [9.17, 15) is 9.59 Å². The maximum atomic E-state index is 12.5. The van der Waals surface area contributed by atoms with E-state index in [2.05, 4.69) is 21.2 Å². The lowest BCUT2D eigenvalue weighted by atomic mass is 9.49. The molecule has 0 aliphatic heterocycles. The second-order valence-corrected chi connectivity index (χ2v) is 9.24. The van der Waals surface area contributed by atoms with Crippen LogP contribution in [0.5, 0.6) is 0 Å². The predicted molar refractivity (Wildman–Crippen MR) is 97.0 cm³/mol. The molecule has 6 heteroatoms. The van der Waals surface area contributed by atoms with E-state index in [0.29, 0.717) is 10.1 Å². The van der Waals surface area contributed by atoms with E-state index in [4.69, 9.17) is 4.42 Å². The van der Waals surface area contributed by atoms with Gasteiger partial charge in [-0.1, -0.05) is 0 Å². The molecule has 0 unspecified atom stereocenters. The average molecular weight is 409 g/mol. The minimum atomic E-state index is -0.359. The van der Waals surface area contributed by atoms with Crippen molar-refractivity contribution in [1.29, 1.82) is 0 Å². The van der Waals surface area contributed by atoms with Gasteiger partial charge in [0.25, 0.3) is 5.91 Å². The third-order valence-electron chi connectivity index (χ3n) is 6.36. The standard InChI is InChI=1S/C19H25BrN2O3/c1-22(17(23)10-21-18(24)15-2-3-16(20)25-15)11-19-7-12-4-13(8-19)6-14(5-12)9-19/h2-3,12-14H,4-11H2,1H3,(H,21,24). The van der Waals surface area contributed by atoms with Crippen LogP contribution in [0.1, 0.15) is 49.1 Å². The Morgan fingerprint density at radius 2 is 1.80 bits per heavy atom. The number of amides is 2. The first-order valence-electron chi connectivity index (χ1n) is 9.20. The van der Waals surface area contributed by atoms with Crippen LogP contribution in [0.3, 0.4) is 0 Å². The van der Waals surface area contributed by atoms with Crippen molar-refractivity contribution in [2.24, 2.45) is 23.2 Å². The van der Waals surface area contributed by atoms with Crippen LogP contribution in [0.2, 0.25) is 0 Å². The van der Waals surface area contributed by atoms with Crippen molar-refractivity contribution in [3.05, 3.63) is 22.6 Å². The topological polar surface area (TPSA) is 62.6 Å². The highest BCUT2D eigenvalue weighted by atomic mass is 79.9. The molecule has 25 heavy (non-hydrogen) atoms. The number of hydrogen-bond acceptors (Lipinski definition) is 3. The Balaban J connectivity index is 1.31. The van der Waals surface area contributed by atoms with Crippen LogP contribution in [-0.4, -0.2) is 36.9 Å². The van der Waals surface area contributed by atoms with Gasteiger partial charge >= 0.3 is 0 Å². The van der Waals surface area contributed by atoms with Gasteiger partial charge in [-0.15, -0.1) is 0 Å². The Labute approximate surface area is 156 Å². The van der Waals surface area contributed by atoms with Crippen LogP contribution in [0, 0.1) is 23.2 Å². The van der Waals surface area contributed by atoms with Crippen molar-refractivity contribution < 1.29 is 14.0 Å². The number of nitrogens with one attached hydrogen (secondary N) is 1. The molecule has 0 aromatic carbocycles. The Morgan fingerprint density at radius 1 is 1.20 bits per heavy atom. The number of carbonyl (C=O) groups is 2. The Kier molecular flexibility index (Phi) is 4.42. The zero-order valence-corrected chi connectivity index (χ0v) is 16.2. The van der Waals surface area contributed by atoms with Crippen LogP contribution in [-0.2, 0) is 4.79 Å². The molecule has 2 amide bonds. The highest BCUT2D eigenvalue weighted by Gasteiger charge is 2.51. The molecule has 1 aromatic heterocycles. The minimum absolute atomic E-state index is 0.0139. The van der Waals surface area contributed by atoms with Crippen LogP contribution in [0.25, 0.3) is 0 Å². The van der Waals surface area contributed by atoms with Gasteiger partial charge in [-0.05, 0) is 89.8 Å². The van der Waals surface area contributed by atoms with Crippen molar-refractivity contribution in [1.82, 2.24) is 10.2 Å². The molecule has 0 atom stereocenters. The van der Waals surface area contributed by atoms with Crippen molar-refractivity contribution in [3.8, 4) is 0 Å². The monoisotopic (exact) mass is 408 g/mol. The molecule has 5 nitrogen and oxygen atoms in total. The summed E-state index contributed by atoms with van der Waals surface area (Å²) in [4.78, 5) is 26.3. The molecule has 4 bridgehead atoms. The van der Waals surface area contributed by atoms with E-state index < -0.39 is 0 Å². The molecule has 4 aliphatic carbocycles. The van der Waals surface area contributed by atoms with Crippen molar-refractivity contribution in [2.45, 2.75) is 38.5 Å². The van der Waals surface area contributed by atoms with Gasteiger partial charge in [-0.25, -0.2) is 0 Å². The number of likely N-dealkylation sites (N-methyl/N-ethyl adjacent to an activating group) is 1. The fourth-order valence-corrected chi connectivity index (χ4v) is 6.20. The Bertz CT molecular complexity index is 649. The fourth-order valence-electron chi connectivity index (χ4n) is 5.89. The Morgan fingerprint density at radius 3 is 2.32 bits per heavy atom. The van der Waals surface area contributed by atoms with E-state index in [1.165, 1.54) is 38.5 Å². The normalized spacial score (nSPS) is 32.6. The molecule has 5 rings (SSSR count). The molecular formula is C19H25BrN2O3. The summed E-state index contributed by atoms with van der Waals surface area (Å²) in [5, 5.41) is 2.66. The second kappa shape index (κ2) is 6.45. The maximum Gasteiger partial charge on any atom is 0.287 e. The first kappa shape index (κ1) is 17.1. The average Bonchev–Trinajstić information content (AvgIpc) is 2.97. The highest BCUT2D eigenvalue weighted by Crippen LogP contribution is 2.60. The van der Waals surface area contributed by atoms with E-state index in [1.54, 1.807) is 12.1 Å². The van der Waals surface area contributed by atoms with Gasteiger partial charge in [-0.2, -0.15) is 0 Å². The molecule has 4 saturated carbocycles. The quantitative estimate of drug-likeness (QED) is 0.811. The number of rotatable bonds is 5. The molecule has 0 radical (unpaired) electrons. The van der Waals surface area contributed by atoms with E-state index in [1.807, 2.05) is 11.9 Å². The summed E-state index contributed by atoms with van der Waals surface area (Å²) >= 11 is 3.17. The lowest BCUT2D eigenvalue weighted by molar-refractivity contribution is -0.134. The van der Waals surface area contributed by atoms with Gasteiger partial charge in [-0.3, -0.25) is 9.59 Å². The second-order valence-electron chi connectivity index (χ2n) is 8.45. The third kappa shape index (κ3) is 3.50. The Hall–Kier alpha value is -1.30. The zero-order chi connectivity index (χ0) is 17.6. The van der Waals surface area contributed by atoms with Crippen LogP contribution < -0.4 is 5.32 Å². The van der Waals surface area contributed by atoms with Gasteiger partial charge in [0.1, 0.15) is 0 Å². The lowest BCUT2D eigenvalue weighted by Crippen LogP contribution is -2.52. The van der Waals surface area contributed by atoms with Crippen LogP contribution in [0.4, 0.5) is 0 Å². The molecule has 1 aromatic rings. The summed E-state index contributed by atoms with van der Waals surface area (Å²) in [7, 11) is 1.87. The summed E-state index contributed by atoms with van der Waals surface area (Å²) in [6.45, 7) is 0.845. The van der Waals surface area contributed by atoms with Gasteiger partial charge in [0.2, 0.25) is 5.91 Å². The van der Waals surface area contributed by atoms with Gasteiger partial charge in [0, 0.05) is 13.6 Å². The molecule has 4 fully saturated rings. The minimum Gasteiger partial charge on any atom is -0.444 e. The first-order chi connectivity index (χ1) is 11.9. The maximum absolute atomic E-state index is 12.5. The number of nitrogens with zero attached hydrogens (tertiary/aromatic N) is 1. The molecule has 4 aliphatic rings. The molecule has 0 spiro atoms. The van der Waals surface area contributed by atoms with Crippen molar-refractivity contribution in [3.63, 3.8) is 0 Å². The lowest BCUT2D eigenvalue weighted by Gasteiger charge is -2.57. The molecule has 1 heterocycles. The summed E-state index contributed by atoms with van der Waals surface area (Å²) in [6.07, 6.45) is 8.07. The third-order valence-corrected chi connectivity index (χ3v) is 6.79. The van der Waals surface area contributed by atoms with Gasteiger partial charge in [0.15, 0.2) is 10.4 Å². The first-order valence-corrected chi connectivity index (χ1v) is 9.99. The van der Waals surface area contributed by atoms with Crippen molar-refractivity contribution >= 4 is 27.7 Å². The number of furan rings is 1. The van der Waals surface area contributed by atoms with Crippen molar-refractivity contribution in [2.75, 3.05) is 20.1 Å². The van der Waals surface area contributed by atoms with Crippen LogP contribution in [0.15, 0.2) is 21.2 Å². The number of carbonyl (C=O) groups excluding carboxylic acids is 2. The molecular weight excluding hydrogens is 384 g/mol. The summed E-state index contributed by atoms with van der Waals surface area (Å²) < 4.78 is 5.71. The SMILES string of the molecule is CN(CC12CC3CC(CC(C3)C1)C2)C(=O)CNC(=O)c1ccc(Br)o1. The molecule has 0 saturated heterocycles. The van der Waals surface area contributed by atoms with Gasteiger partial charge in [0.05, 0.1) is 6.54 Å². The number of hydrogen-bond donors (Lipinski definition) is 1. The summed E-state index contributed by atoms with van der Waals surface area (Å²) in [6, 6.07) is 3.25. The van der Waals surface area contributed by atoms with E-state index in [-0.39, 0.29) is 24.1 Å². The zero-order valence-electron chi connectivity index (χ0n) is 14.6. The fraction of sp³-hybridized carbons (Fsp3) is 0.684. The van der Waals surface area contributed by atoms with Crippen LogP contribution >= 0.6 is 15.9 Å². The molecule has 136 valence electrons. The molecule has 1 N–H and O–H groups in total. The predicted octanol–water partition coefficient (Wildman–Crippen LogP) is 3.45. The highest BCUT2D eigenvalue weighted by molar-refractivity contribution is 9.10.